The molecule has 2 nitrogen and oxygen atoms in total. The minimum Gasteiger partial charge on any atom is -0.378 e. The summed E-state index contributed by atoms with van der Waals surface area (Å²) in [6.07, 6.45) is -0.633. The van der Waals surface area contributed by atoms with E-state index in [0.29, 0.717) is 6.61 Å². The average Bonchev–Trinajstić information content (AvgIpc) is 2.18. The SMILES string of the molecule is N#CC[C@@H]1COC[C@H]1F. The monoisotopic (exact) mass is 129 g/mol. The lowest BCUT2D eigenvalue weighted by Crippen LogP contribution is -2.11. The van der Waals surface area contributed by atoms with Crippen molar-refractivity contribution in [2.75, 3.05) is 13.2 Å². The Labute approximate surface area is 53.2 Å². The van der Waals surface area contributed by atoms with E-state index in [1.165, 1.54) is 0 Å². The van der Waals surface area contributed by atoms with Gasteiger partial charge in [0.05, 0.1) is 19.3 Å². The standard InChI is InChI=1S/C6H8FNO/c7-6-4-9-3-5(6)1-2-8/h5-6H,1,3-4H2/t5-,6-/m1/s1. The van der Waals surface area contributed by atoms with Crippen LogP contribution in [0.2, 0.25) is 0 Å². The predicted octanol–water partition coefficient (Wildman–Crippen LogP) is 0.885. The van der Waals surface area contributed by atoms with Crippen LogP contribution in [-0.2, 0) is 4.74 Å². The Bertz CT molecular complexity index is 132. The van der Waals surface area contributed by atoms with Crippen molar-refractivity contribution in [2.24, 2.45) is 5.92 Å². The average molecular weight is 129 g/mol. The molecule has 0 aromatic rings. The van der Waals surface area contributed by atoms with Crippen LogP contribution < -0.4 is 0 Å². The number of alkyl halides is 1. The van der Waals surface area contributed by atoms with Gasteiger partial charge in [-0.3, -0.25) is 0 Å². The van der Waals surface area contributed by atoms with Gasteiger partial charge in [0.25, 0.3) is 0 Å². The first-order valence-corrected chi connectivity index (χ1v) is 2.93. The second kappa shape index (κ2) is 2.79. The minimum absolute atomic E-state index is 0.171. The zero-order chi connectivity index (χ0) is 6.69. The van der Waals surface area contributed by atoms with Gasteiger partial charge in [-0.1, -0.05) is 0 Å². The van der Waals surface area contributed by atoms with Crippen LogP contribution in [0, 0.1) is 17.2 Å². The quantitative estimate of drug-likeness (QED) is 0.526. The Morgan fingerprint density at radius 3 is 2.89 bits per heavy atom. The van der Waals surface area contributed by atoms with Crippen LogP contribution in [0.25, 0.3) is 0 Å². The molecule has 0 saturated carbocycles. The Kier molecular flexibility index (Phi) is 2.01. The molecule has 0 aromatic heterocycles. The first-order valence-electron chi connectivity index (χ1n) is 2.93. The molecule has 0 bridgehead atoms. The van der Waals surface area contributed by atoms with Crippen molar-refractivity contribution in [3.05, 3.63) is 0 Å². The third-order valence-corrected chi connectivity index (χ3v) is 1.47. The molecule has 0 spiro atoms. The molecule has 0 radical (unpaired) electrons. The van der Waals surface area contributed by atoms with E-state index in [9.17, 15) is 4.39 Å². The third-order valence-electron chi connectivity index (χ3n) is 1.47. The van der Waals surface area contributed by atoms with Gasteiger partial charge in [0, 0.05) is 12.3 Å². The van der Waals surface area contributed by atoms with Crippen LogP contribution in [0.5, 0.6) is 0 Å². The summed E-state index contributed by atoms with van der Waals surface area (Å²) in [5.74, 6) is -0.171. The van der Waals surface area contributed by atoms with Crippen molar-refractivity contribution >= 4 is 0 Å². The number of halogens is 1. The fourth-order valence-corrected chi connectivity index (χ4v) is 0.877. The molecule has 1 rings (SSSR count). The zero-order valence-electron chi connectivity index (χ0n) is 5.01. The van der Waals surface area contributed by atoms with Crippen molar-refractivity contribution in [3.8, 4) is 6.07 Å². The molecule has 1 fully saturated rings. The molecule has 9 heavy (non-hydrogen) atoms. The summed E-state index contributed by atoms with van der Waals surface area (Å²) in [5.41, 5.74) is 0. The molecule has 0 amide bonds. The molecule has 50 valence electrons. The topological polar surface area (TPSA) is 33.0 Å². The Morgan fingerprint density at radius 2 is 2.44 bits per heavy atom. The van der Waals surface area contributed by atoms with Gasteiger partial charge in [-0.25, -0.2) is 4.39 Å². The molecule has 1 heterocycles. The lowest BCUT2D eigenvalue weighted by Gasteiger charge is -2.02. The van der Waals surface area contributed by atoms with Gasteiger partial charge in [-0.05, 0) is 0 Å². The summed E-state index contributed by atoms with van der Waals surface area (Å²) >= 11 is 0. The normalized spacial score (nSPS) is 34.2. The molecule has 1 aliphatic heterocycles. The summed E-state index contributed by atoms with van der Waals surface area (Å²) in [5, 5.41) is 8.17. The number of ether oxygens (including phenoxy) is 1. The van der Waals surface area contributed by atoms with Crippen LogP contribution in [0.4, 0.5) is 4.39 Å². The smallest absolute Gasteiger partial charge is 0.129 e. The highest BCUT2D eigenvalue weighted by Crippen LogP contribution is 2.19. The third kappa shape index (κ3) is 1.39. The number of nitriles is 1. The molecule has 2 atom stereocenters. The van der Waals surface area contributed by atoms with Gasteiger partial charge in [-0.15, -0.1) is 0 Å². The first-order chi connectivity index (χ1) is 4.34. The molecule has 0 N–H and O–H groups in total. The van der Waals surface area contributed by atoms with Crippen molar-refractivity contribution in [1.82, 2.24) is 0 Å². The Balaban J connectivity index is 2.33. The van der Waals surface area contributed by atoms with E-state index >= 15 is 0 Å². The molecule has 1 saturated heterocycles. The summed E-state index contributed by atoms with van der Waals surface area (Å²) in [4.78, 5) is 0. The maximum absolute atomic E-state index is 12.5. The second-order valence-corrected chi connectivity index (χ2v) is 2.18. The van der Waals surface area contributed by atoms with Crippen molar-refractivity contribution in [1.29, 1.82) is 5.26 Å². The van der Waals surface area contributed by atoms with Crippen molar-refractivity contribution in [3.63, 3.8) is 0 Å². The van der Waals surface area contributed by atoms with E-state index in [2.05, 4.69) is 0 Å². The summed E-state index contributed by atoms with van der Waals surface area (Å²) in [6, 6.07) is 1.92. The molecule has 0 aliphatic carbocycles. The number of nitrogens with zero attached hydrogens (tertiary/aromatic N) is 1. The second-order valence-electron chi connectivity index (χ2n) is 2.18. The van der Waals surface area contributed by atoms with E-state index in [-0.39, 0.29) is 18.9 Å². The highest BCUT2D eigenvalue weighted by atomic mass is 19.1. The first kappa shape index (κ1) is 6.50. The molecular weight excluding hydrogens is 121 g/mol. The van der Waals surface area contributed by atoms with Gasteiger partial charge in [0.15, 0.2) is 0 Å². The highest BCUT2D eigenvalue weighted by molar-refractivity contribution is 4.83. The number of hydrogen-bond donors (Lipinski definition) is 0. The largest absolute Gasteiger partial charge is 0.378 e. The number of rotatable bonds is 1. The van der Waals surface area contributed by atoms with E-state index in [0.717, 1.165) is 0 Å². The van der Waals surface area contributed by atoms with E-state index in [1.807, 2.05) is 6.07 Å². The maximum Gasteiger partial charge on any atom is 0.129 e. The predicted molar refractivity (Wildman–Crippen MR) is 29.4 cm³/mol. The van der Waals surface area contributed by atoms with Gasteiger partial charge in [-0.2, -0.15) is 5.26 Å². The van der Waals surface area contributed by atoms with Crippen LogP contribution in [0.15, 0.2) is 0 Å². The van der Waals surface area contributed by atoms with Crippen molar-refractivity contribution in [2.45, 2.75) is 12.6 Å². The van der Waals surface area contributed by atoms with Crippen molar-refractivity contribution < 1.29 is 9.13 Å². The lowest BCUT2D eigenvalue weighted by atomic mass is 10.1. The van der Waals surface area contributed by atoms with Crippen LogP contribution in [0.1, 0.15) is 6.42 Å². The molecule has 0 unspecified atom stereocenters. The van der Waals surface area contributed by atoms with Gasteiger partial charge in [0.1, 0.15) is 6.17 Å². The van der Waals surface area contributed by atoms with E-state index in [4.69, 9.17) is 10.00 Å². The van der Waals surface area contributed by atoms with E-state index in [1.54, 1.807) is 0 Å². The summed E-state index contributed by atoms with van der Waals surface area (Å²) in [7, 11) is 0. The minimum atomic E-state index is -0.912. The molecule has 1 aliphatic rings. The summed E-state index contributed by atoms with van der Waals surface area (Å²) < 4.78 is 17.3. The highest BCUT2D eigenvalue weighted by Gasteiger charge is 2.27. The Morgan fingerprint density at radius 1 is 1.67 bits per heavy atom. The number of hydrogen-bond acceptors (Lipinski definition) is 2. The molecule has 3 heteroatoms. The van der Waals surface area contributed by atoms with Gasteiger partial charge in [0.2, 0.25) is 0 Å². The van der Waals surface area contributed by atoms with Gasteiger partial charge >= 0.3 is 0 Å². The molecular formula is C6H8FNO. The lowest BCUT2D eigenvalue weighted by molar-refractivity contribution is 0.172. The van der Waals surface area contributed by atoms with Gasteiger partial charge < -0.3 is 4.74 Å². The fraction of sp³-hybridized carbons (Fsp3) is 0.833. The fourth-order valence-electron chi connectivity index (χ4n) is 0.877. The zero-order valence-corrected chi connectivity index (χ0v) is 5.01. The van der Waals surface area contributed by atoms with Crippen LogP contribution >= 0.6 is 0 Å². The van der Waals surface area contributed by atoms with Crippen LogP contribution in [-0.4, -0.2) is 19.4 Å². The van der Waals surface area contributed by atoms with Crippen LogP contribution in [0.3, 0.4) is 0 Å². The van der Waals surface area contributed by atoms with E-state index < -0.39 is 6.17 Å². The summed E-state index contributed by atoms with van der Waals surface area (Å²) in [6.45, 7) is 0.584. The molecule has 0 aromatic carbocycles. The Hall–Kier alpha value is -0.620. The maximum atomic E-state index is 12.5.